The topological polar surface area (TPSA) is 97.3 Å². The average molecular weight is 414 g/mol. The van der Waals surface area contributed by atoms with Gasteiger partial charge in [-0.05, 0) is 53.2 Å². The summed E-state index contributed by atoms with van der Waals surface area (Å²) >= 11 is 3.29. The number of carbonyl (C=O) groups is 2. The lowest BCUT2D eigenvalue weighted by Gasteiger charge is -2.09. The van der Waals surface area contributed by atoms with E-state index in [4.69, 9.17) is 0 Å². The van der Waals surface area contributed by atoms with Crippen LogP contribution in [-0.4, -0.2) is 31.1 Å². The number of amides is 2. The highest BCUT2D eigenvalue weighted by atomic mass is 79.9. The normalized spacial score (nSPS) is 11.1. The molecule has 0 aliphatic carbocycles. The lowest BCUT2D eigenvalue weighted by molar-refractivity contribution is 0.0841. The van der Waals surface area contributed by atoms with Crippen molar-refractivity contribution in [2.75, 3.05) is 6.26 Å². The highest BCUT2D eigenvalue weighted by molar-refractivity contribution is 9.10. The molecule has 24 heavy (non-hydrogen) atoms. The number of hydrazine groups is 1. The molecule has 0 bridgehead atoms. The van der Waals surface area contributed by atoms with Gasteiger partial charge >= 0.3 is 0 Å². The van der Waals surface area contributed by atoms with Crippen LogP contribution < -0.4 is 10.9 Å². The number of sulfone groups is 1. The average Bonchev–Trinajstić information content (AvgIpc) is 2.92. The first-order valence-corrected chi connectivity index (χ1v) is 9.67. The predicted octanol–water partition coefficient (Wildman–Crippen LogP) is 1.75. The fourth-order valence-corrected chi connectivity index (χ4v) is 3.12. The molecule has 1 aromatic carbocycles. The Morgan fingerprint density at radius 3 is 2.25 bits per heavy atom. The third-order valence-corrected chi connectivity index (χ3v) is 4.83. The third kappa shape index (κ3) is 4.24. The van der Waals surface area contributed by atoms with Gasteiger partial charge in [-0.25, -0.2) is 8.42 Å². The Kier molecular flexibility index (Phi) is 5.45. The summed E-state index contributed by atoms with van der Waals surface area (Å²) in [6, 6.07) is 7.08. The molecule has 0 aliphatic rings. The van der Waals surface area contributed by atoms with E-state index < -0.39 is 21.7 Å². The number of nitrogens with zero attached hydrogens (tertiary/aromatic N) is 1. The molecular weight excluding hydrogens is 398 g/mol. The van der Waals surface area contributed by atoms with Crippen molar-refractivity contribution in [1.29, 1.82) is 0 Å². The minimum Gasteiger partial charge on any atom is -0.343 e. The fraction of sp³-hybridized carbons (Fsp3) is 0.200. The van der Waals surface area contributed by atoms with E-state index in [1.165, 1.54) is 24.3 Å². The van der Waals surface area contributed by atoms with E-state index in [0.717, 1.165) is 10.7 Å². The lowest BCUT2D eigenvalue weighted by atomic mass is 10.2. The minimum absolute atomic E-state index is 0.119. The molecule has 0 spiro atoms. The molecule has 128 valence electrons. The number of hydrogen-bond acceptors (Lipinski definition) is 4. The second-order valence-corrected chi connectivity index (χ2v) is 7.97. The Bertz CT molecular complexity index is 873. The second-order valence-electron chi connectivity index (χ2n) is 5.03. The molecule has 2 amide bonds. The quantitative estimate of drug-likeness (QED) is 0.745. The van der Waals surface area contributed by atoms with Crippen LogP contribution in [0.4, 0.5) is 0 Å². The predicted molar refractivity (Wildman–Crippen MR) is 92.3 cm³/mol. The van der Waals surface area contributed by atoms with Crippen LogP contribution >= 0.6 is 15.9 Å². The van der Waals surface area contributed by atoms with Crippen molar-refractivity contribution >= 4 is 37.6 Å². The molecule has 0 atom stereocenters. The van der Waals surface area contributed by atoms with Crippen molar-refractivity contribution in [1.82, 2.24) is 15.4 Å². The molecule has 0 saturated carbocycles. The molecule has 0 unspecified atom stereocenters. The van der Waals surface area contributed by atoms with E-state index in [1.54, 1.807) is 16.8 Å². The largest absolute Gasteiger partial charge is 0.343 e. The van der Waals surface area contributed by atoms with Gasteiger partial charge in [0.15, 0.2) is 9.84 Å². The summed E-state index contributed by atoms with van der Waals surface area (Å²) in [6.45, 7) is 2.50. The summed E-state index contributed by atoms with van der Waals surface area (Å²) in [5, 5.41) is 0. The zero-order valence-corrected chi connectivity index (χ0v) is 15.4. The maximum Gasteiger partial charge on any atom is 0.286 e. The molecule has 0 radical (unpaired) electrons. The smallest absolute Gasteiger partial charge is 0.286 e. The van der Waals surface area contributed by atoms with Crippen LogP contribution in [0.2, 0.25) is 0 Å². The maximum absolute atomic E-state index is 12.1. The van der Waals surface area contributed by atoms with E-state index >= 15 is 0 Å². The zero-order chi connectivity index (χ0) is 17.9. The number of rotatable bonds is 4. The van der Waals surface area contributed by atoms with E-state index in [-0.39, 0.29) is 10.5 Å². The van der Waals surface area contributed by atoms with Crippen LogP contribution in [-0.2, 0) is 16.4 Å². The molecule has 1 heterocycles. The number of benzene rings is 1. The van der Waals surface area contributed by atoms with Crippen LogP contribution in [0.5, 0.6) is 0 Å². The summed E-state index contributed by atoms with van der Waals surface area (Å²) in [5.74, 6) is -0.999. The van der Waals surface area contributed by atoms with Gasteiger partial charge in [0.05, 0.1) is 4.90 Å². The highest BCUT2D eigenvalue weighted by Gasteiger charge is 2.14. The molecule has 2 rings (SSSR count). The van der Waals surface area contributed by atoms with Gasteiger partial charge in [0.2, 0.25) is 0 Å². The molecule has 0 aliphatic heterocycles. The Labute approximate surface area is 148 Å². The molecule has 1 aromatic heterocycles. The molecule has 0 saturated heterocycles. The Morgan fingerprint density at radius 1 is 1.12 bits per heavy atom. The second kappa shape index (κ2) is 7.18. The SMILES string of the molecule is CCn1cc(Br)cc1C(=O)NNC(=O)c1ccc(S(C)(=O)=O)cc1. The first-order valence-electron chi connectivity index (χ1n) is 6.99. The van der Waals surface area contributed by atoms with E-state index in [2.05, 4.69) is 26.8 Å². The van der Waals surface area contributed by atoms with Gasteiger partial charge < -0.3 is 4.57 Å². The number of nitrogens with one attached hydrogen (secondary N) is 2. The van der Waals surface area contributed by atoms with Crippen LogP contribution in [0, 0.1) is 0 Å². The van der Waals surface area contributed by atoms with E-state index in [1.807, 2.05) is 6.92 Å². The lowest BCUT2D eigenvalue weighted by Crippen LogP contribution is -2.42. The number of hydrogen-bond donors (Lipinski definition) is 2. The van der Waals surface area contributed by atoms with Gasteiger partial charge in [-0.2, -0.15) is 0 Å². The van der Waals surface area contributed by atoms with Crippen LogP contribution in [0.1, 0.15) is 27.8 Å². The first kappa shape index (κ1) is 18.2. The van der Waals surface area contributed by atoms with Crippen molar-refractivity contribution in [3.05, 3.63) is 52.3 Å². The number of aromatic nitrogens is 1. The van der Waals surface area contributed by atoms with Gasteiger partial charge in [-0.15, -0.1) is 0 Å². The van der Waals surface area contributed by atoms with Crippen LogP contribution in [0.3, 0.4) is 0 Å². The van der Waals surface area contributed by atoms with Gasteiger partial charge in [0.25, 0.3) is 11.8 Å². The van der Waals surface area contributed by atoms with Gasteiger partial charge in [-0.1, -0.05) is 0 Å². The van der Waals surface area contributed by atoms with Gasteiger partial charge in [0.1, 0.15) is 5.69 Å². The zero-order valence-electron chi connectivity index (χ0n) is 13.0. The molecule has 2 aromatic rings. The molecule has 2 N–H and O–H groups in total. The van der Waals surface area contributed by atoms with Crippen LogP contribution in [0.25, 0.3) is 0 Å². The monoisotopic (exact) mass is 413 g/mol. The highest BCUT2D eigenvalue weighted by Crippen LogP contribution is 2.15. The van der Waals surface area contributed by atoms with E-state index in [0.29, 0.717) is 12.2 Å². The van der Waals surface area contributed by atoms with Crippen molar-refractivity contribution in [3.63, 3.8) is 0 Å². The first-order chi connectivity index (χ1) is 11.2. The van der Waals surface area contributed by atoms with Gasteiger partial charge in [-0.3, -0.25) is 20.4 Å². The summed E-state index contributed by atoms with van der Waals surface area (Å²) in [5.41, 5.74) is 5.26. The number of aryl methyl sites for hydroxylation is 1. The summed E-state index contributed by atoms with van der Waals surface area (Å²) in [4.78, 5) is 24.2. The third-order valence-electron chi connectivity index (χ3n) is 3.27. The van der Waals surface area contributed by atoms with Crippen molar-refractivity contribution < 1.29 is 18.0 Å². The summed E-state index contributed by atoms with van der Waals surface area (Å²) in [7, 11) is -3.32. The molecular formula is C15H16BrN3O4S. The van der Waals surface area contributed by atoms with Crippen molar-refractivity contribution in [3.8, 4) is 0 Å². The molecule has 0 fully saturated rings. The van der Waals surface area contributed by atoms with E-state index in [9.17, 15) is 18.0 Å². The molecule has 7 nitrogen and oxygen atoms in total. The Hall–Kier alpha value is -2.13. The maximum atomic E-state index is 12.1. The van der Waals surface area contributed by atoms with Gasteiger partial charge in [0, 0.05) is 29.0 Å². The van der Waals surface area contributed by atoms with Crippen molar-refractivity contribution in [2.45, 2.75) is 18.4 Å². The fourth-order valence-electron chi connectivity index (χ4n) is 2.03. The van der Waals surface area contributed by atoms with Crippen molar-refractivity contribution in [2.24, 2.45) is 0 Å². The number of carbonyl (C=O) groups excluding carboxylic acids is 2. The minimum atomic E-state index is -3.32. The molecule has 9 heteroatoms. The van der Waals surface area contributed by atoms with Crippen LogP contribution in [0.15, 0.2) is 45.9 Å². The Balaban J connectivity index is 2.03. The number of halogens is 1. The Morgan fingerprint density at radius 2 is 1.71 bits per heavy atom. The summed E-state index contributed by atoms with van der Waals surface area (Å²) in [6.07, 6.45) is 2.85. The standard InChI is InChI=1S/C15H16BrN3O4S/c1-3-19-9-11(16)8-13(19)15(21)18-17-14(20)10-4-6-12(7-5-10)24(2,22)23/h4-9H,3H2,1-2H3,(H,17,20)(H,18,21). The summed E-state index contributed by atoms with van der Waals surface area (Å²) < 4.78 is 25.3.